The molecule has 4 aromatic rings. The van der Waals surface area contributed by atoms with Gasteiger partial charge in [0.2, 0.25) is 0 Å². The Kier molecular flexibility index (Phi) is 3.80. The maximum Gasteiger partial charge on any atom is 0.155 e. The maximum atomic E-state index is 13.1. The number of aromatic nitrogens is 5. The molecule has 4 rings (SSSR count). The standard InChI is InChI=1S/C19H18FN5/c1-12-17(13(2)23-22-12)8-7-16-9-10-25-19(21-16)11-18(24-25)14-3-5-15(20)6-4-14/h3-6,9-11H,7-8H2,1-2H3,(H,22,23). The van der Waals surface area contributed by atoms with E-state index in [2.05, 4.69) is 15.3 Å². The van der Waals surface area contributed by atoms with E-state index in [0.29, 0.717) is 0 Å². The van der Waals surface area contributed by atoms with Crippen molar-refractivity contribution >= 4 is 5.65 Å². The maximum absolute atomic E-state index is 13.1. The average Bonchev–Trinajstić information content (AvgIpc) is 3.17. The van der Waals surface area contributed by atoms with Crippen LogP contribution in [0.4, 0.5) is 4.39 Å². The van der Waals surface area contributed by atoms with Crippen molar-refractivity contribution in [2.45, 2.75) is 26.7 Å². The Bertz CT molecular complexity index is 1010. The third-order valence-corrected chi connectivity index (χ3v) is 4.43. The molecule has 0 unspecified atom stereocenters. The lowest BCUT2D eigenvalue weighted by molar-refractivity contribution is 0.628. The predicted molar refractivity (Wildman–Crippen MR) is 93.9 cm³/mol. The minimum atomic E-state index is -0.252. The second-order valence-corrected chi connectivity index (χ2v) is 6.17. The Morgan fingerprint density at radius 1 is 1.08 bits per heavy atom. The number of aromatic amines is 1. The van der Waals surface area contributed by atoms with Gasteiger partial charge in [-0.3, -0.25) is 5.10 Å². The summed E-state index contributed by atoms with van der Waals surface area (Å²) in [5, 5.41) is 11.8. The van der Waals surface area contributed by atoms with Gasteiger partial charge in [0.1, 0.15) is 5.82 Å². The number of hydrogen-bond donors (Lipinski definition) is 1. The SMILES string of the molecule is Cc1n[nH]c(C)c1CCc1ccn2nc(-c3ccc(F)cc3)cc2n1. The van der Waals surface area contributed by atoms with Gasteiger partial charge >= 0.3 is 0 Å². The summed E-state index contributed by atoms with van der Waals surface area (Å²) >= 11 is 0. The number of fused-ring (bicyclic) bond motifs is 1. The number of H-pyrrole nitrogens is 1. The van der Waals surface area contributed by atoms with Crippen molar-refractivity contribution in [3.05, 3.63) is 71.1 Å². The number of aryl methyl sites for hydroxylation is 3. The summed E-state index contributed by atoms with van der Waals surface area (Å²) in [4.78, 5) is 4.69. The second kappa shape index (κ2) is 6.12. The van der Waals surface area contributed by atoms with Crippen molar-refractivity contribution in [3.8, 4) is 11.3 Å². The molecule has 0 radical (unpaired) electrons. The van der Waals surface area contributed by atoms with Crippen LogP contribution in [0.5, 0.6) is 0 Å². The number of nitrogens with zero attached hydrogens (tertiary/aromatic N) is 4. The van der Waals surface area contributed by atoms with Gasteiger partial charge in [0.25, 0.3) is 0 Å². The fourth-order valence-electron chi connectivity index (χ4n) is 3.02. The minimum Gasteiger partial charge on any atom is -0.282 e. The number of rotatable bonds is 4. The zero-order valence-electron chi connectivity index (χ0n) is 14.1. The highest BCUT2D eigenvalue weighted by atomic mass is 19.1. The Balaban J connectivity index is 1.59. The molecular weight excluding hydrogens is 317 g/mol. The van der Waals surface area contributed by atoms with E-state index in [1.54, 1.807) is 16.6 Å². The summed E-state index contributed by atoms with van der Waals surface area (Å²) in [6.45, 7) is 4.05. The van der Waals surface area contributed by atoms with Crippen molar-refractivity contribution < 1.29 is 4.39 Å². The first kappa shape index (κ1) is 15.5. The monoisotopic (exact) mass is 335 g/mol. The van der Waals surface area contributed by atoms with Gasteiger partial charge in [-0.15, -0.1) is 0 Å². The number of halogens is 1. The first-order valence-corrected chi connectivity index (χ1v) is 8.22. The van der Waals surface area contributed by atoms with Crippen LogP contribution in [-0.2, 0) is 12.8 Å². The predicted octanol–water partition coefficient (Wildman–Crippen LogP) is 3.66. The van der Waals surface area contributed by atoms with Gasteiger partial charge in [0.05, 0.1) is 11.4 Å². The Hall–Kier alpha value is -3.02. The van der Waals surface area contributed by atoms with E-state index in [-0.39, 0.29) is 5.82 Å². The molecule has 3 aromatic heterocycles. The van der Waals surface area contributed by atoms with E-state index in [9.17, 15) is 4.39 Å². The van der Waals surface area contributed by atoms with Crippen LogP contribution in [0.25, 0.3) is 16.9 Å². The van der Waals surface area contributed by atoms with Crippen LogP contribution in [-0.4, -0.2) is 24.8 Å². The largest absolute Gasteiger partial charge is 0.282 e. The fraction of sp³-hybridized carbons (Fsp3) is 0.211. The van der Waals surface area contributed by atoms with Crippen LogP contribution in [0.3, 0.4) is 0 Å². The normalized spacial score (nSPS) is 11.3. The van der Waals surface area contributed by atoms with E-state index in [1.807, 2.05) is 32.2 Å². The lowest BCUT2D eigenvalue weighted by Crippen LogP contribution is -1.99. The van der Waals surface area contributed by atoms with Gasteiger partial charge in [-0.25, -0.2) is 13.9 Å². The summed E-state index contributed by atoms with van der Waals surface area (Å²) in [7, 11) is 0. The van der Waals surface area contributed by atoms with Gasteiger partial charge in [-0.1, -0.05) is 0 Å². The molecule has 0 aliphatic rings. The molecule has 0 saturated heterocycles. The second-order valence-electron chi connectivity index (χ2n) is 6.17. The molecule has 0 fully saturated rings. The number of hydrogen-bond acceptors (Lipinski definition) is 3. The Morgan fingerprint density at radius 3 is 2.60 bits per heavy atom. The molecule has 0 atom stereocenters. The van der Waals surface area contributed by atoms with E-state index < -0.39 is 0 Å². The van der Waals surface area contributed by atoms with Crippen molar-refractivity contribution in [3.63, 3.8) is 0 Å². The molecule has 0 aliphatic carbocycles. The lowest BCUT2D eigenvalue weighted by atomic mass is 10.1. The molecular formula is C19H18FN5. The Morgan fingerprint density at radius 2 is 1.88 bits per heavy atom. The van der Waals surface area contributed by atoms with E-state index in [0.717, 1.165) is 46.8 Å². The Labute approximate surface area is 144 Å². The highest BCUT2D eigenvalue weighted by molar-refractivity contribution is 5.63. The van der Waals surface area contributed by atoms with Crippen LogP contribution < -0.4 is 0 Å². The zero-order valence-corrected chi connectivity index (χ0v) is 14.1. The summed E-state index contributed by atoms with van der Waals surface area (Å²) in [5.74, 6) is -0.252. The molecule has 0 spiro atoms. The zero-order chi connectivity index (χ0) is 17.4. The fourth-order valence-corrected chi connectivity index (χ4v) is 3.02. The smallest absolute Gasteiger partial charge is 0.155 e. The van der Waals surface area contributed by atoms with Crippen molar-refractivity contribution in [1.29, 1.82) is 0 Å². The van der Waals surface area contributed by atoms with Crippen molar-refractivity contribution in [2.24, 2.45) is 0 Å². The van der Waals surface area contributed by atoms with E-state index in [1.165, 1.54) is 17.7 Å². The molecule has 0 saturated carbocycles. The molecule has 1 aromatic carbocycles. The molecule has 0 amide bonds. The summed E-state index contributed by atoms with van der Waals surface area (Å²) in [6, 6.07) is 10.2. The van der Waals surface area contributed by atoms with Crippen molar-refractivity contribution in [1.82, 2.24) is 24.8 Å². The van der Waals surface area contributed by atoms with E-state index in [4.69, 9.17) is 4.98 Å². The lowest BCUT2D eigenvalue weighted by Gasteiger charge is -2.02. The number of benzene rings is 1. The van der Waals surface area contributed by atoms with Crippen LogP contribution in [0.15, 0.2) is 42.6 Å². The first-order valence-electron chi connectivity index (χ1n) is 8.22. The molecule has 0 bridgehead atoms. The van der Waals surface area contributed by atoms with Crippen LogP contribution in [0, 0.1) is 19.7 Å². The molecule has 5 nitrogen and oxygen atoms in total. The van der Waals surface area contributed by atoms with Crippen LogP contribution in [0.1, 0.15) is 22.6 Å². The molecule has 1 N–H and O–H groups in total. The number of nitrogens with one attached hydrogen (secondary N) is 1. The molecule has 3 heterocycles. The summed E-state index contributed by atoms with van der Waals surface area (Å²) in [5.41, 5.74) is 6.87. The van der Waals surface area contributed by atoms with Gasteiger partial charge < -0.3 is 0 Å². The quantitative estimate of drug-likeness (QED) is 0.619. The first-order chi connectivity index (χ1) is 12.1. The van der Waals surface area contributed by atoms with E-state index >= 15 is 0 Å². The highest BCUT2D eigenvalue weighted by Crippen LogP contribution is 2.20. The third kappa shape index (κ3) is 3.03. The van der Waals surface area contributed by atoms with Gasteiger partial charge in [-0.05, 0) is 62.6 Å². The third-order valence-electron chi connectivity index (χ3n) is 4.43. The highest BCUT2D eigenvalue weighted by Gasteiger charge is 2.09. The summed E-state index contributed by atoms with van der Waals surface area (Å²) < 4.78 is 14.8. The van der Waals surface area contributed by atoms with Crippen LogP contribution >= 0.6 is 0 Å². The van der Waals surface area contributed by atoms with Gasteiger partial charge in [0, 0.05) is 29.2 Å². The molecule has 25 heavy (non-hydrogen) atoms. The van der Waals surface area contributed by atoms with Gasteiger partial charge in [-0.2, -0.15) is 10.2 Å². The van der Waals surface area contributed by atoms with Crippen molar-refractivity contribution in [2.75, 3.05) is 0 Å². The minimum absolute atomic E-state index is 0.252. The molecule has 126 valence electrons. The van der Waals surface area contributed by atoms with Gasteiger partial charge in [0.15, 0.2) is 5.65 Å². The molecule has 6 heteroatoms. The summed E-state index contributed by atoms with van der Waals surface area (Å²) in [6.07, 6.45) is 3.66. The van der Waals surface area contributed by atoms with Crippen LogP contribution in [0.2, 0.25) is 0 Å². The topological polar surface area (TPSA) is 58.9 Å². The average molecular weight is 335 g/mol. The molecule has 0 aliphatic heterocycles.